The molecule has 176 valence electrons. The Morgan fingerprint density at radius 1 is 0.879 bits per heavy atom. The van der Waals surface area contributed by atoms with Gasteiger partial charge in [-0.2, -0.15) is 0 Å². The Morgan fingerprint density at radius 2 is 1.45 bits per heavy atom. The highest BCUT2D eigenvalue weighted by molar-refractivity contribution is 5.98. The second-order valence-electron chi connectivity index (χ2n) is 8.17. The molecule has 1 fully saturated rings. The van der Waals surface area contributed by atoms with Crippen LogP contribution in [0.2, 0.25) is 0 Å². The van der Waals surface area contributed by atoms with Crippen molar-refractivity contribution in [2.24, 2.45) is 5.92 Å². The molecule has 33 heavy (non-hydrogen) atoms. The van der Waals surface area contributed by atoms with Gasteiger partial charge in [0.2, 0.25) is 5.91 Å². The summed E-state index contributed by atoms with van der Waals surface area (Å²) in [7, 11) is 1.54. The predicted octanol–water partition coefficient (Wildman–Crippen LogP) is 2.71. The van der Waals surface area contributed by atoms with E-state index < -0.39 is 23.6 Å². The van der Waals surface area contributed by atoms with Crippen LogP contribution in [0.15, 0.2) is 42.5 Å². The third-order valence-electron chi connectivity index (χ3n) is 5.62. The van der Waals surface area contributed by atoms with E-state index in [0.29, 0.717) is 11.3 Å². The zero-order valence-electron chi connectivity index (χ0n) is 18.8. The maximum Gasteiger partial charge on any atom is 0.254 e. The molecular formula is C24H27F2N3O4. The number of piperazine rings is 1. The standard InChI is InChI=1S/C24H27F2N3O4/c1-15(2)21(27-22(30)16-4-7-18(33-3)8-5-16)24(32)29-12-10-28(11-13-29)23(31)17-6-9-19(25)20(26)14-17/h4-9,14-15,21H,10-13H2,1-3H3,(H,27,30). The van der Waals surface area contributed by atoms with Gasteiger partial charge in [-0.05, 0) is 48.4 Å². The molecule has 1 aliphatic heterocycles. The van der Waals surface area contributed by atoms with E-state index in [1.54, 1.807) is 29.2 Å². The molecule has 3 rings (SSSR count). The summed E-state index contributed by atoms with van der Waals surface area (Å²) in [5.41, 5.74) is 0.469. The number of nitrogens with one attached hydrogen (secondary N) is 1. The molecule has 3 amide bonds. The fourth-order valence-corrected chi connectivity index (χ4v) is 3.62. The lowest BCUT2D eigenvalue weighted by Gasteiger charge is -2.37. The third-order valence-corrected chi connectivity index (χ3v) is 5.62. The molecule has 1 aliphatic rings. The average Bonchev–Trinajstić information content (AvgIpc) is 2.83. The number of benzene rings is 2. The number of amides is 3. The molecule has 0 bridgehead atoms. The first-order valence-electron chi connectivity index (χ1n) is 10.7. The van der Waals surface area contributed by atoms with Gasteiger partial charge in [-0.15, -0.1) is 0 Å². The van der Waals surface area contributed by atoms with Crippen molar-refractivity contribution in [1.82, 2.24) is 15.1 Å². The Bertz CT molecular complexity index is 1020. The minimum atomic E-state index is -1.08. The van der Waals surface area contributed by atoms with Gasteiger partial charge in [0, 0.05) is 37.3 Å². The molecule has 0 aromatic heterocycles. The summed E-state index contributed by atoms with van der Waals surface area (Å²) in [5.74, 6) is -2.64. The van der Waals surface area contributed by atoms with Gasteiger partial charge in [-0.3, -0.25) is 14.4 Å². The van der Waals surface area contributed by atoms with E-state index in [4.69, 9.17) is 4.74 Å². The van der Waals surface area contributed by atoms with Crippen LogP contribution in [0.5, 0.6) is 5.75 Å². The zero-order valence-corrected chi connectivity index (χ0v) is 18.8. The second kappa shape index (κ2) is 10.4. The molecule has 0 radical (unpaired) electrons. The van der Waals surface area contributed by atoms with Crippen LogP contribution in [-0.2, 0) is 4.79 Å². The van der Waals surface area contributed by atoms with Crippen LogP contribution in [0.1, 0.15) is 34.6 Å². The minimum absolute atomic E-state index is 0.0560. The lowest BCUT2D eigenvalue weighted by Crippen LogP contribution is -2.57. The number of methoxy groups -OCH3 is 1. The van der Waals surface area contributed by atoms with Crippen LogP contribution in [0.4, 0.5) is 8.78 Å². The minimum Gasteiger partial charge on any atom is -0.497 e. The molecule has 1 N–H and O–H groups in total. The average molecular weight is 459 g/mol. The van der Waals surface area contributed by atoms with Crippen LogP contribution in [0.3, 0.4) is 0 Å². The Morgan fingerprint density at radius 3 is 2.00 bits per heavy atom. The van der Waals surface area contributed by atoms with Crippen LogP contribution in [-0.4, -0.2) is 66.9 Å². The van der Waals surface area contributed by atoms with Gasteiger partial charge in [0.25, 0.3) is 11.8 Å². The molecule has 2 aromatic carbocycles. The number of carbonyl (C=O) groups is 3. The fourth-order valence-electron chi connectivity index (χ4n) is 3.62. The van der Waals surface area contributed by atoms with Crippen molar-refractivity contribution in [3.05, 3.63) is 65.2 Å². The largest absolute Gasteiger partial charge is 0.497 e. The van der Waals surface area contributed by atoms with Crippen molar-refractivity contribution in [2.45, 2.75) is 19.9 Å². The lowest BCUT2D eigenvalue weighted by molar-refractivity contribution is -0.135. The molecule has 1 heterocycles. The van der Waals surface area contributed by atoms with Crippen molar-refractivity contribution >= 4 is 17.7 Å². The first kappa shape index (κ1) is 24.2. The molecule has 7 nitrogen and oxygen atoms in total. The molecular weight excluding hydrogens is 432 g/mol. The van der Waals surface area contributed by atoms with Crippen LogP contribution < -0.4 is 10.1 Å². The van der Waals surface area contributed by atoms with Crippen molar-refractivity contribution in [1.29, 1.82) is 0 Å². The lowest BCUT2D eigenvalue weighted by atomic mass is 10.0. The number of nitrogens with zero attached hydrogens (tertiary/aromatic N) is 2. The first-order chi connectivity index (χ1) is 15.7. The highest BCUT2D eigenvalue weighted by Crippen LogP contribution is 2.16. The Kier molecular flexibility index (Phi) is 7.63. The summed E-state index contributed by atoms with van der Waals surface area (Å²) in [6, 6.07) is 8.89. The molecule has 0 saturated carbocycles. The summed E-state index contributed by atoms with van der Waals surface area (Å²) in [4.78, 5) is 41.5. The van der Waals surface area contributed by atoms with Gasteiger partial charge < -0.3 is 19.9 Å². The van der Waals surface area contributed by atoms with E-state index >= 15 is 0 Å². The SMILES string of the molecule is COc1ccc(C(=O)NC(C(=O)N2CCN(C(=O)c3ccc(F)c(F)c3)CC2)C(C)C)cc1. The van der Waals surface area contributed by atoms with Gasteiger partial charge in [0.1, 0.15) is 11.8 Å². The summed E-state index contributed by atoms with van der Waals surface area (Å²) >= 11 is 0. The molecule has 9 heteroatoms. The normalized spacial score (nSPS) is 14.7. The second-order valence-corrected chi connectivity index (χ2v) is 8.17. The van der Waals surface area contributed by atoms with Gasteiger partial charge in [0.05, 0.1) is 7.11 Å². The first-order valence-corrected chi connectivity index (χ1v) is 10.7. The summed E-state index contributed by atoms with van der Waals surface area (Å²) in [6.45, 7) is 4.74. The van der Waals surface area contributed by atoms with Crippen molar-refractivity contribution in [2.75, 3.05) is 33.3 Å². The maximum atomic E-state index is 13.5. The van der Waals surface area contributed by atoms with Crippen LogP contribution in [0, 0.1) is 17.6 Å². The highest BCUT2D eigenvalue weighted by atomic mass is 19.2. The molecule has 0 spiro atoms. The van der Waals surface area contributed by atoms with E-state index in [-0.39, 0.29) is 49.5 Å². The number of rotatable bonds is 6. The van der Waals surface area contributed by atoms with Gasteiger partial charge in [-0.25, -0.2) is 8.78 Å². The number of carbonyl (C=O) groups excluding carboxylic acids is 3. The predicted molar refractivity (Wildman–Crippen MR) is 118 cm³/mol. The van der Waals surface area contributed by atoms with Gasteiger partial charge >= 0.3 is 0 Å². The van der Waals surface area contributed by atoms with Gasteiger partial charge in [-0.1, -0.05) is 13.8 Å². The topological polar surface area (TPSA) is 79.0 Å². The molecule has 0 aliphatic carbocycles. The molecule has 1 atom stereocenters. The van der Waals surface area contributed by atoms with E-state index in [0.717, 1.165) is 12.1 Å². The molecule has 2 aromatic rings. The third kappa shape index (κ3) is 5.66. The number of hydrogen-bond acceptors (Lipinski definition) is 4. The molecule has 1 unspecified atom stereocenters. The Balaban J connectivity index is 1.61. The number of hydrogen-bond donors (Lipinski definition) is 1. The summed E-state index contributed by atoms with van der Waals surface area (Å²) in [5, 5.41) is 2.81. The quantitative estimate of drug-likeness (QED) is 0.721. The monoisotopic (exact) mass is 459 g/mol. The fraction of sp³-hybridized carbons (Fsp3) is 0.375. The summed E-state index contributed by atoms with van der Waals surface area (Å²) < 4.78 is 31.7. The molecule has 1 saturated heterocycles. The zero-order chi connectivity index (χ0) is 24.1. The van der Waals surface area contributed by atoms with E-state index in [9.17, 15) is 23.2 Å². The van der Waals surface area contributed by atoms with Gasteiger partial charge in [0.15, 0.2) is 11.6 Å². The van der Waals surface area contributed by atoms with E-state index in [1.807, 2.05) is 13.8 Å². The maximum absolute atomic E-state index is 13.5. The van der Waals surface area contributed by atoms with E-state index in [2.05, 4.69) is 5.32 Å². The smallest absolute Gasteiger partial charge is 0.254 e. The number of ether oxygens (including phenoxy) is 1. The van der Waals surface area contributed by atoms with Crippen molar-refractivity contribution in [3.8, 4) is 5.75 Å². The number of halogens is 2. The van der Waals surface area contributed by atoms with Crippen LogP contribution in [0.25, 0.3) is 0 Å². The van der Waals surface area contributed by atoms with E-state index in [1.165, 1.54) is 18.1 Å². The Labute approximate surface area is 191 Å². The highest BCUT2D eigenvalue weighted by Gasteiger charge is 2.32. The summed E-state index contributed by atoms with van der Waals surface area (Å²) in [6.07, 6.45) is 0. The van der Waals surface area contributed by atoms with Crippen molar-refractivity contribution < 1.29 is 27.9 Å². The van der Waals surface area contributed by atoms with Crippen LogP contribution >= 0.6 is 0 Å². The Hall–Kier alpha value is -3.49. The van der Waals surface area contributed by atoms with Crippen molar-refractivity contribution in [3.63, 3.8) is 0 Å².